The van der Waals surface area contributed by atoms with Crippen molar-refractivity contribution >= 4 is 0 Å². The van der Waals surface area contributed by atoms with Crippen LogP contribution in [0.4, 0.5) is 8.78 Å². The second-order valence-electron chi connectivity index (χ2n) is 4.04. The maximum Gasteiger partial charge on any atom is 0.387 e. The highest BCUT2D eigenvalue weighted by molar-refractivity contribution is 5.58. The molecular weight excluding hydrogens is 280 g/mol. The minimum Gasteiger partial charge on any atom is -0.435 e. The van der Waals surface area contributed by atoms with Crippen molar-refractivity contribution in [2.24, 2.45) is 0 Å². The summed E-state index contributed by atoms with van der Waals surface area (Å²) in [6, 6.07) is 11.3. The average molecular weight is 289 g/mol. The molecule has 0 N–H and O–H groups in total. The van der Waals surface area contributed by atoms with Crippen LogP contribution in [0.25, 0.3) is 23.0 Å². The maximum absolute atomic E-state index is 12.1. The molecule has 0 amide bonds. The lowest BCUT2D eigenvalue weighted by Crippen LogP contribution is -2.01. The van der Waals surface area contributed by atoms with Crippen LogP contribution in [0.2, 0.25) is 0 Å². The number of alkyl halides is 2. The van der Waals surface area contributed by atoms with E-state index in [-0.39, 0.29) is 11.6 Å². The van der Waals surface area contributed by atoms with Crippen molar-refractivity contribution in [1.82, 2.24) is 15.1 Å². The Balaban J connectivity index is 1.83. The van der Waals surface area contributed by atoms with Crippen molar-refractivity contribution in [3.63, 3.8) is 0 Å². The van der Waals surface area contributed by atoms with Gasteiger partial charge in [-0.25, -0.2) is 0 Å². The molecule has 0 bridgehead atoms. The number of benzene rings is 1. The molecule has 21 heavy (non-hydrogen) atoms. The van der Waals surface area contributed by atoms with Crippen LogP contribution < -0.4 is 4.74 Å². The van der Waals surface area contributed by atoms with Gasteiger partial charge in [-0.1, -0.05) is 11.2 Å². The summed E-state index contributed by atoms with van der Waals surface area (Å²) < 4.78 is 33.5. The first kappa shape index (κ1) is 13.2. The monoisotopic (exact) mass is 289 g/mol. The molecule has 0 radical (unpaired) electrons. The SMILES string of the molecule is FC(F)Oc1ccc(-c2nc(-c3ccccn3)no2)cc1. The van der Waals surface area contributed by atoms with Gasteiger partial charge in [0, 0.05) is 11.8 Å². The van der Waals surface area contributed by atoms with Crippen molar-refractivity contribution < 1.29 is 18.0 Å². The Bertz CT molecular complexity index is 715. The predicted molar refractivity (Wildman–Crippen MR) is 69.6 cm³/mol. The zero-order chi connectivity index (χ0) is 14.7. The van der Waals surface area contributed by atoms with Gasteiger partial charge in [-0.2, -0.15) is 13.8 Å². The molecule has 0 atom stereocenters. The van der Waals surface area contributed by atoms with Crippen molar-refractivity contribution in [3.05, 3.63) is 48.7 Å². The van der Waals surface area contributed by atoms with E-state index in [1.165, 1.54) is 12.1 Å². The first-order valence-electron chi connectivity index (χ1n) is 6.03. The number of halogens is 2. The normalized spacial score (nSPS) is 10.8. The first-order valence-corrected chi connectivity index (χ1v) is 6.03. The summed E-state index contributed by atoms with van der Waals surface area (Å²) in [6.07, 6.45) is 1.63. The molecule has 0 spiro atoms. The summed E-state index contributed by atoms with van der Waals surface area (Å²) >= 11 is 0. The highest BCUT2D eigenvalue weighted by Crippen LogP contribution is 2.23. The van der Waals surface area contributed by atoms with Crippen molar-refractivity contribution in [2.75, 3.05) is 0 Å². The molecule has 2 aromatic heterocycles. The smallest absolute Gasteiger partial charge is 0.387 e. The van der Waals surface area contributed by atoms with Gasteiger partial charge in [0.05, 0.1) is 0 Å². The third-order valence-corrected chi connectivity index (χ3v) is 2.65. The summed E-state index contributed by atoms with van der Waals surface area (Å²) in [5.41, 5.74) is 1.19. The number of hydrogen-bond donors (Lipinski definition) is 0. The Hall–Kier alpha value is -2.83. The quantitative estimate of drug-likeness (QED) is 0.736. The van der Waals surface area contributed by atoms with Crippen LogP contribution >= 0.6 is 0 Å². The van der Waals surface area contributed by atoms with Gasteiger partial charge in [-0.05, 0) is 36.4 Å². The van der Waals surface area contributed by atoms with Crippen LogP contribution in [0, 0.1) is 0 Å². The lowest BCUT2D eigenvalue weighted by molar-refractivity contribution is -0.0498. The van der Waals surface area contributed by atoms with Crippen LogP contribution in [-0.4, -0.2) is 21.7 Å². The Morgan fingerprint density at radius 3 is 2.52 bits per heavy atom. The lowest BCUT2D eigenvalue weighted by Gasteiger charge is -2.03. The predicted octanol–water partition coefficient (Wildman–Crippen LogP) is 3.40. The summed E-state index contributed by atoms with van der Waals surface area (Å²) in [6.45, 7) is -2.85. The molecular formula is C14H9F2N3O2. The molecule has 1 aromatic carbocycles. The van der Waals surface area contributed by atoms with Crippen LogP contribution in [0.5, 0.6) is 5.75 Å². The molecule has 0 aliphatic rings. The van der Waals surface area contributed by atoms with Crippen LogP contribution in [0.1, 0.15) is 0 Å². The highest BCUT2D eigenvalue weighted by atomic mass is 19.3. The molecule has 0 aliphatic heterocycles. The van der Waals surface area contributed by atoms with Crippen molar-refractivity contribution in [1.29, 1.82) is 0 Å². The molecule has 7 heteroatoms. The number of rotatable bonds is 4. The molecule has 3 rings (SSSR count). The second-order valence-corrected chi connectivity index (χ2v) is 4.04. The van der Waals surface area contributed by atoms with Gasteiger partial charge < -0.3 is 9.26 Å². The zero-order valence-electron chi connectivity index (χ0n) is 10.6. The van der Waals surface area contributed by atoms with E-state index < -0.39 is 6.61 Å². The van der Waals surface area contributed by atoms with Gasteiger partial charge in [0.25, 0.3) is 5.89 Å². The molecule has 0 saturated heterocycles. The summed E-state index contributed by atoms with van der Waals surface area (Å²) in [5.74, 6) is 0.705. The maximum atomic E-state index is 12.1. The van der Waals surface area contributed by atoms with E-state index >= 15 is 0 Å². The van der Waals surface area contributed by atoms with Gasteiger partial charge in [0.1, 0.15) is 11.4 Å². The topological polar surface area (TPSA) is 61.0 Å². The van der Waals surface area contributed by atoms with Gasteiger partial charge in [0.15, 0.2) is 0 Å². The Labute approximate surface area is 118 Å². The van der Waals surface area contributed by atoms with E-state index in [0.717, 1.165) is 0 Å². The summed E-state index contributed by atoms with van der Waals surface area (Å²) in [7, 11) is 0. The largest absolute Gasteiger partial charge is 0.435 e. The number of ether oxygens (including phenoxy) is 1. The summed E-state index contributed by atoms with van der Waals surface area (Å²) in [5, 5.41) is 3.83. The number of pyridine rings is 1. The number of hydrogen-bond acceptors (Lipinski definition) is 5. The molecule has 5 nitrogen and oxygen atoms in total. The van der Waals surface area contributed by atoms with E-state index in [1.54, 1.807) is 30.5 Å². The second kappa shape index (κ2) is 5.66. The van der Waals surface area contributed by atoms with Gasteiger partial charge in [0.2, 0.25) is 5.82 Å². The molecule has 106 valence electrons. The minimum absolute atomic E-state index is 0.0678. The number of nitrogens with zero attached hydrogens (tertiary/aromatic N) is 3. The molecule has 0 saturated carbocycles. The van der Waals surface area contributed by atoms with Crippen LogP contribution in [-0.2, 0) is 0 Å². The fourth-order valence-corrected chi connectivity index (χ4v) is 1.72. The Kier molecular flexibility index (Phi) is 3.55. The van der Waals surface area contributed by atoms with Crippen molar-refractivity contribution in [2.45, 2.75) is 6.61 Å². The van der Waals surface area contributed by atoms with E-state index in [1.807, 2.05) is 6.07 Å². The van der Waals surface area contributed by atoms with E-state index in [9.17, 15) is 8.78 Å². The van der Waals surface area contributed by atoms with Gasteiger partial charge >= 0.3 is 6.61 Å². The number of aromatic nitrogens is 3. The fourth-order valence-electron chi connectivity index (χ4n) is 1.72. The molecule has 0 aliphatic carbocycles. The van der Waals surface area contributed by atoms with Gasteiger partial charge in [-0.15, -0.1) is 0 Å². The zero-order valence-corrected chi connectivity index (χ0v) is 10.6. The van der Waals surface area contributed by atoms with Crippen LogP contribution in [0.15, 0.2) is 53.2 Å². The Morgan fingerprint density at radius 1 is 1.05 bits per heavy atom. The Morgan fingerprint density at radius 2 is 1.86 bits per heavy atom. The van der Waals surface area contributed by atoms with E-state index in [2.05, 4.69) is 19.9 Å². The lowest BCUT2D eigenvalue weighted by atomic mass is 10.2. The summed E-state index contributed by atoms with van der Waals surface area (Å²) in [4.78, 5) is 8.33. The standard InChI is InChI=1S/C14H9F2N3O2/c15-14(16)20-10-6-4-9(5-7-10)13-18-12(19-21-13)11-3-1-2-8-17-11/h1-8,14H. The minimum atomic E-state index is -2.85. The molecule has 0 fully saturated rings. The fraction of sp³-hybridized carbons (Fsp3) is 0.0714. The van der Waals surface area contributed by atoms with Gasteiger partial charge in [-0.3, -0.25) is 4.98 Å². The van der Waals surface area contributed by atoms with Crippen LogP contribution in [0.3, 0.4) is 0 Å². The first-order chi connectivity index (χ1) is 10.2. The van der Waals surface area contributed by atoms with E-state index in [4.69, 9.17) is 4.52 Å². The highest BCUT2D eigenvalue weighted by Gasteiger charge is 2.12. The third kappa shape index (κ3) is 3.02. The van der Waals surface area contributed by atoms with Crippen molar-refractivity contribution in [3.8, 4) is 28.7 Å². The van der Waals surface area contributed by atoms with E-state index in [0.29, 0.717) is 17.1 Å². The average Bonchev–Trinajstić information content (AvgIpc) is 2.98. The molecule has 0 unspecified atom stereocenters. The molecule has 3 aromatic rings. The third-order valence-electron chi connectivity index (χ3n) is 2.65. The molecule has 2 heterocycles.